The van der Waals surface area contributed by atoms with Gasteiger partial charge in [0.25, 0.3) is 16.0 Å². The average Bonchev–Trinajstić information content (AvgIpc) is 2.94. The summed E-state index contributed by atoms with van der Waals surface area (Å²) in [6.07, 6.45) is 0. The number of aromatic amines is 1. The van der Waals surface area contributed by atoms with Crippen LogP contribution in [0.2, 0.25) is 0 Å². The number of carbonyl (C=O) groups is 1. The molecule has 0 fully saturated rings. The van der Waals surface area contributed by atoms with Gasteiger partial charge in [-0.3, -0.25) is 9.89 Å². The lowest BCUT2D eigenvalue weighted by atomic mass is 10.0. The number of amides is 1. The number of H-pyrrole nitrogens is 1. The highest BCUT2D eigenvalue weighted by atomic mass is 32.2. The Labute approximate surface area is 121 Å². The van der Waals surface area contributed by atoms with Crippen molar-refractivity contribution in [2.24, 2.45) is 0 Å². The molecule has 1 aliphatic heterocycles. The fourth-order valence-electron chi connectivity index (χ4n) is 2.13. The Morgan fingerprint density at radius 1 is 1.33 bits per heavy atom. The predicted octanol–water partition coefficient (Wildman–Crippen LogP) is 0.970. The largest absolute Gasteiger partial charge is 0.325 e. The van der Waals surface area contributed by atoms with Crippen LogP contribution in [-0.4, -0.2) is 29.5 Å². The van der Waals surface area contributed by atoms with E-state index in [4.69, 9.17) is 0 Å². The molecule has 1 amide bonds. The van der Waals surface area contributed by atoms with Gasteiger partial charge in [-0.25, -0.2) is 13.1 Å². The lowest BCUT2D eigenvalue weighted by Crippen LogP contribution is -2.14. The van der Waals surface area contributed by atoms with Crippen molar-refractivity contribution in [2.75, 3.05) is 10.0 Å². The third-order valence-electron chi connectivity index (χ3n) is 3.27. The van der Waals surface area contributed by atoms with Gasteiger partial charge in [0, 0.05) is 5.69 Å². The van der Waals surface area contributed by atoms with Crippen LogP contribution >= 0.6 is 0 Å². The molecule has 0 aliphatic carbocycles. The zero-order valence-electron chi connectivity index (χ0n) is 11.3. The maximum atomic E-state index is 12.3. The summed E-state index contributed by atoms with van der Waals surface area (Å²) in [4.78, 5) is 15.5. The quantitative estimate of drug-likeness (QED) is 0.781. The summed E-state index contributed by atoms with van der Waals surface area (Å²) < 4.78 is 26.9. The summed E-state index contributed by atoms with van der Waals surface area (Å²) >= 11 is 0. The second kappa shape index (κ2) is 4.55. The Bertz CT molecular complexity index is 827. The number of fused-ring (bicyclic) bond motifs is 1. The topological polar surface area (TPSA) is 117 Å². The minimum absolute atomic E-state index is 0.0183. The standard InChI is InChI=1S/C12H13N5O3S/c1-6-9-5-8(3-4-10(9)14-11(6)18)21(19,20)17-12-13-7(2)15-16-12/h3-6H,1-2H3,(H,14,18)(H2,13,15,16,17). The summed E-state index contributed by atoms with van der Waals surface area (Å²) in [6, 6.07) is 4.49. The third-order valence-corrected chi connectivity index (χ3v) is 4.60. The molecule has 1 aromatic heterocycles. The summed E-state index contributed by atoms with van der Waals surface area (Å²) in [6.45, 7) is 3.39. The molecule has 1 atom stereocenters. The molecular formula is C12H13N5O3S. The van der Waals surface area contributed by atoms with Crippen LogP contribution in [0, 0.1) is 6.92 Å². The molecule has 21 heavy (non-hydrogen) atoms. The van der Waals surface area contributed by atoms with Gasteiger partial charge in [-0.05, 0) is 37.6 Å². The first-order valence-corrected chi connectivity index (χ1v) is 7.72. The average molecular weight is 307 g/mol. The molecule has 2 aromatic rings. The van der Waals surface area contributed by atoms with E-state index in [1.807, 2.05) is 0 Å². The van der Waals surface area contributed by atoms with Crippen molar-refractivity contribution in [1.29, 1.82) is 0 Å². The fraction of sp³-hybridized carbons (Fsp3) is 0.250. The van der Waals surface area contributed by atoms with Crippen molar-refractivity contribution in [3.8, 4) is 0 Å². The van der Waals surface area contributed by atoms with E-state index in [-0.39, 0.29) is 22.7 Å². The minimum Gasteiger partial charge on any atom is -0.325 e. The molecule has 2 heterocycles. The van der Waals surface area contributed by atoms with Crippen molar-refractivity contribution in [3.63, 3.8) is 0 Å². The number of aromatic nitrogens is 3. The van der Waals surface area contributed by atoms with Crippen molar-refractivity contribution in [2.45, 2.75) is 24.7 Å². The SMILES string of the molecule is Cc1nc(NS(=O)(=O)c2ccc3c(c2)C(C)C(=O)N3)n[nH]1. The van der Waals surface area contributed by atoms with Gasteiger partial charge >= 0.3 is 0 Å². The molecule has 0 bridgehead atoms. The fourth-order valence-corrected chi connectivity index (χ4v) is 3.11. The predicted molar refractivity (Wildman–Crippen MR) is 75.4 cm³/mol. The Hall–Kier alpha value is -2.42. The van der Waals surface area contributed by atoms with E-state index in [0.717, 1.165) is 0 Å². The van der Waals surface area contributed by atoms with Gasteiger partial charge in [-0.1, -0.05) is 0 Å². The van der Waals surface area contributed by atoms with Gasteiger partial charge in [-0.2, -0.15) is 4.98 Å². The van der Waals surface area contributed by atoms with E-state index in [1.165, 1.54) is 12.1 Å². The van der Waals surface area contributed by atoms with Crippen LogP contribution in [0.3, 0.4) is 0 Å². The smallest absolute Gasteiger partial charge is 0.264 e. The number of aryl methyl sites for hydroxylation is 1. The van der Waals surface area contributed by atoms with Gasteiger partial charge in [0.15, 0.2) is 0 Å². The molecule has 0 saturated heterocycles. The second-order valence-electron chi connectivity index (χ2n) is 4.81. The summed E-state index contributed by atoms with van der Waals surface area (Å²) in [5.41, 5.74) is 1.30. The Balaban J connectivity index is 1.95. The molecule has 1 aromatic carbocycles. The normalized spacial score (nSPS) is 17.4. The van der Waals surface area contributed by atoms with Crippen LogP contribution in [0.1, 0.15) is 24.2 Å². The van der Waals surface area contributed by atoms with Crippen LogP contribution in [0.15, 0.2) is 23.1 Å². The van der Waals surface area contributed by atoms with E-state index >= 15 is 0 Å². The molecule has 0 spiro atoms. The van der Waals surface area contributed by atoms with Crippen LogP contribution in [0.4, 0.5) is 11.6 Å². The number of nitrogens with one attached hydrogen (secondary N) is 3. The van der Waals surface area contributed by atoms with Crippen molar-refractivity contribution in [3.05, 3.63) is 29.6 Å². The number of hydrogen-bond acceptors (Lipinski definition) is 5. The highest BCUT2D eigenvalue weighted by Gasteiger charge is 2.28. The van der Waals surface area contributed by atoms with Crippen LogP contribution in [0.5, 0.6) is 0 Å². The molecule has 9 heteroatoms. The minimum atomic E-state index is -3.80. The highest BCUT2D eigenvalue weighted by Crippen LogP contribution is 2.33. The number of nitrogens with zero attached hydrogens (tertiary/aromatic N) is 2. The number of benzene rings is 1. The highest BCUT2D eigenvalue weighted by molar-refractivity contribution is 7.92. The Morgan fingerprint density at radius 2 is 2.10 bits per heavy atom. The first kappa shape index (κ1) is 13.6. The molecular weight excluding hydrogens is 294 g/mol. The number of sulfonamides is 1. The van der Waals surface area contributed by atoms with Crippen LogP contribution in [0.25, 0.3) is 0 Å². The number of carbonyl (C=O) groups excluding carboxylic acids is 1. The molecule has 8 nitrogen and oxygen atoms in total. The molecule has 1 aliphatic rings. The second-order valence-corrected chi connectivity index (χ2v) is 6.49. The molecule has 0 saturated carbocycles. The van der Waals surface area contributed by atoms with Gasteiger partial charge in [0.05, 0.1) is 10.8 Å². The van der Waals surface area contributed by atoms with Gasteiger partial charge in [0.1, 0.15) is 5.82 Å². The lowest BCUT2D eigenvalue weighted by molar-refractivity contribution is -0.116. The summed E-state index contributed by atoms with van der Waals surface area (Å²) in [7, 11) is -3.80. The summed E-state index contributed by atoms with van der Waals surface area (Å²) in [5.74, 6) is -0.0293. The maximum Gasteiger partial charge on any atom is 0.264 e. The maximum absolute atomic E-state index is 12.3. The van der Waals surface area contributed by atoms with Crippen molar-refractivity contribution >= 4 is 27.6 Å². The van der Waals surface area contributed by atoms with Gasteiger partial charge in [-0.15, -0.1) is 5.10 Å². The number of rotatable bonds is 3. The molecule has 3 N–H and O–H groups in total. The van der Waals surface area contributed by atoms with Crippen molar-refractivity contribution < 1.29 is 13.2 Å². The lowest BCUT2D eigenvalue weighted by Gasteiger charge is -2.07. The van der Waals surface area contributed by atoms with E-state index < -0.39 is 10.0 Å². The van der Waals surface area contributed by atoms with E-state index in [0.29, 0.717) is 17.1 Å². The van der Waals surface area contributed by atoms with Crippen LogP contribution in [-0.2, 0) is 14.8 Å². The van der Waals surface area contributed by atoms with Crippen molar-refractivity contribution in [1.82, 2.24) is 15.2 Å². The number of hydrogen-bond donors (Lipinski definition) is 3. The molecule has 3 rings (SSSR count). The van der Waals surface area contributed by atoms with E-state index in [2.05, 4.69) is 25.2 Å². The Kier molecular flexibility index (Phi) is 2.94. The first-order valence-electron chi connectivity index (χ1n) is 6.23. The summed E-state index contributed by atoms with van der Waals surface area (Å²) in [5, 5.41) is 8.98. The third kappa shape index (κ3) is 2.35. The van der Waals surface area contributed by atoms with Gasteiger partial charge < -0.3 is 5.32 Å². The first-order chi connectivity index (χ1) is 9.87. The molecule has 0 radical (unpaired) electrons. The van der Waals surface area contributed by atoms with E-state index in [1.54, 1.807) is 19.9 Å². The zero-order valence-corrected chi connectivity index (χ0v) is 12.2. The zero-order chi connectivity index (χ0) is 15.2. The van der Waals surface area contributed by atoms with Gasteiger partial charge in [0.2, 0.25) is 5.91 Å². The molecule has 110 valence electrons. The monoisotopic (exact) mass is 307 g/mol. The van der Waals surface area contributed by atoms with E-state index in [9.17, 15) is 13.2 Å². The Morgan fingerprint density at radius 3 is 2.76 bits per heavy atom. The van der Waals surface area contributed by atoms with Crippen LogP contribution < -0.4 is 10.0 Å². The molecule has 1 unspecified atom stereocenters. The number of anilines is 2.